The molecule has 0 saturated carbocycles. The van der Waals surface area contributed by atoms with E-state index < -0.39 is 0 Å². The fourth-order valence-corrected chi connectivity index (χ4v) is 8.66. The highest BCUT2D eigenvalue weighted by Crippen LogP contribution is 2.46. The van der Waals surface area contributed by atoms with E-state index in [0.717, 1.165) is 0 Å². The SMILES string of the molecule is c1ccc(-n2c3ccccc3c3ccc4ccc5c6cccc(-n7c8ccccc8c8ccccc87)c6sc5c4c32)cc1. The van der Waals surface area contributed by atoms with Crippen LogP contribution in [-0.4, -0.2) is 9.13 Å². The summed E-state index contributed by atoms with van der Waals surface area (Å²) in [5.41, 5.74) is 7.42. The van der Waals surface area contributed by atoms with E-state index in [2.05, 4.69) is 155 Å². The second kappa shape index (κ2) is 8.57. The molecule has 200 valence electrons. The largest absolute Gasteiger partial charge is 0.309 e. The van der Waals surface area contributed by atoms with Crippen molar-refractivity contribution in [3.63, 3.8) is 0 Å². The number of hydrogen-bond acceptors (Lipinski definition) is 1. The Labute approximate surface area is 251 Å². The first kappa shape index (κ1) is 23.2. The Kier molecular flexibility index (Phi) is 4.63. The Morgan fingerprint density at radius 3 is 1.60 bits per heavy atom. The molecular formula is C40H24N2S. The fraction of sp³-hybridized carbons (Fsp3) is 0. The lowest BCUT2D eigenvalue weighted by molar-refractivity contribution is 1.19. The van der Waals surface area contributed by atoms with Crippen molar-refractivity contribution in [1.29, 1.82) is 0 Å². The lowest BCUT2D eigenvalue weighted by Crippen LogP contribution is -1.93. The molecule has 0 aliphatic rings. The van der Waals surface area contributed by atoms with Crippen molar-refractivity contribution in [2.75, 3.05) is 0 Å². The highest BCUT2D eigenvalue weighted by molar-refractivity contribution is 7.27. The van der Waals surface area contributed by atoms with Crippen LogP contribution in [0, 0.1) is 0 Å². The van der Waals surface area contributed by atoms with Gasteiger partial charge in [-0.25, -0.2) is 0 Å². The third-order valence-corrected chi connectivity index (χ3v) is 10.4. The second-order valence-corrected chi connectivity index (χ2v) is 12.3. The number of benzene rings is 7. The molecule has 0 fully saturated rings. The molecule has 0 unspecified atom stereocenters. The number of nitrogens with zero attached hydrogens (tertiary/aromatic N) is 2. The molecule has 0 bridgehead atoms. The molecule has 0 N–H and O–H groups in total. The Bertz CT molecular complexity index is 2670. The van der Waals surface area contributed by atoms with Crippen molar-refractivity contribution in [3.05, 3.63) is 146 Å². The summed E-state index contributed by atoms with van der Waals surface area (Å²) in [7, 11) is 0. The van der Waals surface area contributed by atoms with Gasteiger partial charge < -0.3 is 9.13 Å². The van der Waals surface area contributed by atoms with Gasteiger partial charge in [-0.15, -0.1) is 11.3 Å². The van der Waals surface area contributed by atoms with Crippen molar-refractivity contribution < 1.29 is 0 Å². The minimum atomic E-state index is 1.19. The van der Waals surface area contributed by atoms with Gasteiger partial charge in [0.25, 0.3) is 0 Å². The third-order valence-electron chi connectivity index (χ3n) is 9.09. The molecule has 2 nitrogen and oxygen atoms in total. The van der Waals surface area contributed by atoms with Gasteiger partial charge in [-0.2, -0.15) is 0 Å². The van der Waals surface area contributed by atoms with Crippen LogP contribution >= 0.6 is 11.3 Å². The first-order valence-corrected chi connectivity index (χ1v) is 15.5. The molecule has 0 atom stereocenters. The molecule has 0 radical (unpaired) electrons. The van der Waals surface area contributed by atoms with Gasteiger partial charge in [0.2, 0.25) is 0 Å². The van der Waals surface area contributed by atoms with Crippen LogP contribution in [0.1, 0.15) is 0 Å². The number of thiophene rings is 1. The number of para-hydroxylation sites is 4. The quantitative estimate of drug-likeness (QED) is 0.198. The van der Waals surface area contributed by atoms with Crippen LogP contribution in [0.4, 0.5) is 0 Å². The first-order valence-electron chi connectivity index (χ1n) is 14.7. The minimum absolute atomic E-state index is 1.19. The van der Waals surface area contributed by atoms with Gasteiger partial charge in [0.15, 0.2) is 0 Å². The summed E-state index contributed by atoms with van der Waals surface area (Å²) >= 11 is 1.93. The van der Waals surface area contributed by atoms with Crippen LogP contribution in [0.15, 0.2) is 146 Å². The van der Waals surface area contributed by atoms with Crippen molar-refractivity contribution in [1.82, 2.24) is 9.13 Å². The smallest absolute Gasteiger partial charge is 0.0640 e. The first-order chi connectivity index (χ1) is 21.4. The molecule has 0 amide bonds. The maximum absolute atomic E-state index is 2.46. The monoisotopic (exact) mass is 564 g/mol. The molecule has 0 spiro atoms. The summed E-state index contributed by atoms with van der Waals surface area (Å²) in [5, 5.41) is 10.4. The maximum Gasteiger partial charge on any atom is 0.0640 e. The molecule has 0 saturated heterocycles. The van der Waals surface area contributed by atoms with Gasteiger partial charge >= 0.3 is 0 Å². The van der Waals surface area contributed by atoms with Gasteiger partial charge in [-0.3, -0.25) is 0 Å². The molecule has 3 heterocycles. The topological polar surface area (TPSA) is 9.86 Å². The molecule has 43 heavy (non-hydrogen) atoms. The molecule has 0 aliphatic heterocycles. The summed E-state index contributed by atoms with van der Waals surface area (Å²) < 4.78 is 7.58. The molecule has 0 aliphatic carbocycles. The van der Waals surface area contributed by atoms with E-state index >= 15 is 0 Å². The second-order valence-electron chi connectivity index (χ2n) is 11.3. The van der Waals surface area contributed by atoms with Crippen LogP contribution in [0.2, 0.25) is 0 Å². The average molecular weight is 565 g/mol. The Hall–Kier alpha value is -5.38. The lowest BCUT2D eigenvalue weighted by atomic mass is 10.0. The van der Waals surface area contributed by atoms with Gasteiger partial charge in [0.05, 0.1) is 32.5 Å². The average Bonchev–Trinajstić information content (AvgIpc) is 3.73. The molecular weight excluding hydrogens is 541 g/mol. The normalized spacial score (nSPS) is 12.2. The Balaban J connectivity index is 1.39. The Morgan fingerprint density at radius 1 is 0.372 bits per heavy atom. The number of rotatable bonds is 2. The highest BCUT2D eigenvalue weighted by Gasteiger charge is 2.20. The van der Waals surface area contributed by atoms with E-state index in [4.69, 9.17) is 0 Å². The molecule has 3 aromatic heterocycles. The number of fused-ring (bicyclic) bond motifs is 12. The van der Waals surface area contributed by atoms with Crippen LogP contribution in [0.3, 0.4) is 0 Å². The summed E-state index contributed by atoms with van der Waals surface area (Å²) in [6.45, 7) is 0. The van der Waals surface area contributed by atoms with Crippen molar-refractivity contribution >= 4 is 85.9 Å². The highest BCUT2D eigenvalue weighted by atomic mass is 32.1. The van der Waals surface area contributed by atoms with E-state index in [1.807, 2.05) is 11.3 Å². The van der Waals surface area contributed by atoms with Crippen molar-refractivity contribution in [3.8, 4) is 11.4 Å². The fourth-order valence-electron chi connectivity index (χ4n) is 7.30. The van der Waals surface area contributed by atoms with E-state index in [-0.39, 0.29) is 0 Å². The molecule has 10 rings (SSSR count). The van der Waals surface area contributed by atoms with E-state index in [0.29, 0.717) is 0 Å². The molecule has 10 aromatic rings. The van der Waals surface area contributed by atoms with Gasteiger partial charge in [-0.05, 0) is 41.8 Å². The third kappa shape index (κ3) is 3.07. The van der Waals surface area contributed by atoms with Gasteiger partial charge in [0.1, 0.15) is 0 Å². The summed E-state index contributed by atoms with van der Waals surface area (Å²) in [6, 6.07) is 53.2. The van der Waals surface area contributed by atoms with Gasteiger partial charge in [0, 0.05) is 48.1 Å². The predicted octanol–water partition coefficient (Wildman–Crippen LogP) is 11.4. The standard InChI is InChI=1S/C40H24N2S/c1-2-11-26(12-3-1)41-33-17-7-6-15-29(33)30-23-21-25-22-24-32-31-16-10-20-36(39(31)43-40(32)37(25)38(30)41)42-34-18-8-4-13-27(34)28-14-5-9-19-35(28)42/h1-24H. The van der Waals surface area contributed by atoms with Crippen LogP contribution in [0.5, 0.6) is 0 Å². The Morgan fingerprint density at radius 2 is 0.907 bits per heavy atom. The van der Waals surface area contributed by atoms with E-state index in [1.54, 1.807) is 0 Å². The maximum atomic E-state index is 2.46. The minimum Gasteiger partial charge on any atom is -0.309 e. The zero-order chi connectivity index (χ0) is 28.1. The predicted molar refractivity (Wildman–Crippen MR) is 186 cm³/mol. The van der Waals surface area contributed by atoms with Crippen LogP contribution in [0.25, 0.3) is 85.9 Å². The van der Waals surface area contributed by atoms with E-state index in [1.165, 1.54) is 85.9 Å². The van der Waals surface area contributed by atoms with E-state index in [9.17, 15) is 0 Å². The lowest BCUT2D eigenvalue weighted by Gasteiger charge is -2.10. The molecule has 3 heteroatoms. The van der Waals surface area contributed by atoms with Crippen LogP contribution in [-0.2, 0) is 0 Å². The summed E-state index contributed by atoms with van der Waals surface area (Å²) in [5.74, 6) is 0. The number of hydrogen-bond donors (Lipinski definition) is 0. The summed E-state index contributed by atoms with van der Waals surface area (Å²) in [4.78, 5) is 0. The van der Waals surface area contributed by atoms with Gasteiger partial charge in [-0.1, -0.05) is 109 Å². The zero-order valence-electron chi connectivity index (χ0n) is 23.2. The number of aromatic nitrogens is 2. The zero-order valence-corrected chi connectivity index (χ0v) is 24.0. The molecule has 7 aromatic carbocycles. The van der Waals surface area contributed by atoms with Crippen molar-refractivity contribution in [2.24, 2.45) is 0 Å². The van der Waals surface area contributed by atoms with Crippen LogP contribution < -0.4 is 0 Å². The van der Waals surface area contributed by atoms with Crippen molar-refractivity contribution in [2.45, 2.75) is 0 Å². The summed E-state index contributed by atoms with van der Waals surface area (Å²) in [6.07, 6.45) is 0.